The van der Waals surface area contributed by atoms with Gasteiger partial charge in [0.15, 0.2) is 0 Å². The monoisotopic (exact) mass is 401 g/mol. The third-order valence-electron chi connectivity index (χ3n) is 5.10. The van der Waals surface area contributed by atoms with Crippen LogP contribution in [0.5, 0.6) is 0 Å². The highest BCUT2D eigenvalue weighted by molar-refractivity contribution is 7.88. The Balaban J connectivity index is 0.00000243. The summed E-state index contributed by atoms with van der Waals surface area (Å²) < 4.78 is 27.0. The van der Waals surface area contributed by atoms with Gasteiger partial charge in [-0.1, -0.05) is 30.3 Å². The fraction of sp³-hybridized carbons (Fsp3) is 0.611. The largest absolute Gasteiger partial charge is 0.337 e. The van der Waals surface area contributed by atoms with Gasteiger partial charge in [0, 0.05) is 38.8 Å². The summed E-state index contributed by atoms with van der Waals surface area (Å²) >= 11 is 0. The fourth-order valence-electron chi connectivity index (χ4n) is 3.68. The van der Waals surface area contributed by atoms with Crippen LogP contribution in [0, 0.1) is 5.92 Å². The molecule has 0 aromatic heterocycles. The summed E-state index contributed by atoms with van der Waals surface area (Å²) in [4.78, 5) is 14.8. The number of amides is 1. The number of nitrogens with one attached hydrogen (secondary N) is 1. The highest BCUT2D eigenvalue weighted by atomic mass is 35.5. The maximum Gasteiger partial charge on any atom is 0.227 e. The zero-order valence-electron chi connectivity index (χ0n) is 15.1. The van der Waals surface area contributed by atoms with E-state index in [0.29, 0.717) is 19.6 Å². The average Bonchev–Trinajstić information content (AvgIpc) is 2.62. The van der Waals surface area contributed by atoms with Crippen LogP contribution in [0.3, 0.4) is 0 Å². The number of hydrogen-bond acceptors (Lipinski definition) is 4. The molecule has 1 aromatic rings. The smallest absolute Gasteiger partial charge is 0.227 e. The van der Waals surface area contributed by atoms with Gasteiger partial charge in [0.25, 0.3) is 0 Å². The van der Waals surface area contributed by atoms with Crippen LogP contribution in [0.1, 0.15) is 25.3 Å². The molecule has 2 saturated heterocycles. The van der Waals surface area contributed by atoms with E-state index in [0.717, 1.165) is 31.5 Å². The van der Waals surface area contributed by atoms with Crippen molar-refractivity contribution in [1.82, 2.24) is 14.5 Å². The minimum Gasteiger partial charge on any atom is -0.337 e. The highest BCUT2D eigenvalue weighted by Crippen LogP contribution is 2.24. The number of nitrogens with zero attached hydrogens (tertiary/aromatic N) is 2. The lowest BCUT2D eigenvalue weighted by Gasteiger charge is -2.39. The standard InChI is InChI=1S/C18H27N3O3S.ClH/c1-15-12-19-9-11-21(15)18(22)17-8-5-10-20(13-17)25(23,24)14-16-6-3-2-4-7-16;/h2-4,6-7,15,17,19H,5,8-14H2,1H3;1H/t15-,17?;/m0./s1. The lowest BCUT2D eigenvalue weighted by molar-refractivity contribution is -0.139. The topological polar surface area (TPSA) is 69.7 Å². The predicted octanol–water partition coefficient (Wildman–Crippen LogP) is 1.47. The summed E-state index contributed by atoms with van der Waals surface area (Å²) in [6.45, 7) is 5.16. The Morgan fingerprint density at radius 2 is 1.96 bits per heavy atom. The first-order chi connectivity index (χ1) is 12.0. The van der Waals surface area contributed by atoms with Crippen LogP contribution in [-0.2, 0) is 20.6 Å². The van der Waals surface area contributed by atoms with Crippen LogP contribution in [-0.4, -0.2) is 62.3 Å². The SMILES string of the molecule is C[C@H]1CNCCN1C(=O)C1CCCN(S(=O)(=O)Cc2ccccc2)C1.Cl. The van der Waals surface area contributed by atoms with Gasteiger partial charge in [-0.3, -0.25) is 4.79 Å². The molecule has 1 unspecified atom stereocenters. The summed E-state index contributed by atoms with van der Waals surface area (Å²) in [5.74, 6) is -0.118. The summed E-state index contributed by atoms with van der Waals surface area (Å²) in [5.41, 5.74) is 0.784. The maximum absolute atomic E-state index is 12.9. The van der Waals surface area contributed by atoms with E-state index in [1.165, 1.54) is 4.31 Å². The van der Waals surface area contributed by atoms with Crippen LogP contribution in [0.25, 0.3) is 0 Å². The van der Waals surface area contributed by atoms with Crippen molar-refractivity contribution in [2.75, 3.05) is 32.7 Å². The maximum atomic E-state index is 12.9. The van der Waals surface area contributed by atoms with Gasteiger partial charge in [-0.15, -0.1) is 12.4 Å². The molecule has 1 aromatic carbocycles. The minimum absolute atomic E-state index is 0. The Labute approximate surface area is 162 Å². The molecule has 2 aliphatic rings. The fourth-order valence-corrected chi connectivity index (χ4v) is 5.29. The molecule has 8 heteroatoms. The van der Waals surface area contributed by atoms with Gasteiger partial charge in [-0.25, -0.2) is 12.7 Å². The van der Waals surface area contributed by atoms with Gasteiger partial charge in [-0.05, 0) is 25.3 Å². The molecule has 1 N–H and O–H groups in total. The van der Waals surface area contributed by atoms with Crippen molar-refractivity contribution in [1.29, 1.82) is 0 Å². The van der Waals surface area contributed by atoms with E-state index in [4.69, 9.17) is 0 Å². The molecule has 0 saturated carbocycles. The average molecular weight is 402 g/mol. The van der Waals surface area contributed by atoms with Crippen molar-refractivity contribution in [2.24, 2.45) is 5.92 Å². The quantitative estimate of drug-likeness (QED) is 0.829. The molecule has 1 amide bonds. The molecule has 2 atom stereocenters. The molecule has 2 heterocycles. The second-order valence-corrected chi connectivity index (χ2v) is 8.99. The van der Waals surface area contributed by atoms with Crippen molar-refractivity contribution in [3.63, 3.8) is 0 Å². The van der Waals surface area contributed by atoms with E-state index in [2.05, 4.69) is 5.32 Å². The first kappa shape index (κ1) is 21.2. The van der Waals surface area contributed by atoms with E-state index in [9.17, 15) is 13.2 Å². The Kier molecular flexibility index (Phi) is 7.46. The van der Waals surface area contributed by atoms with Crippen molar-refractivity contribution < 1.29 is 13.2 Å². The van der Waals surface area contributed by atoms with E-state index in [1.807, 2.05) is 42.2 Å². The normalized spacial score (nSPS) is 24.7. The van der Waals surface area contributed by atoms with E-state index in [1.54, 1.807) is 0 Å². The number of sulfonamides is 1. The molecule has 6 nitrogen and oxygen atoms in total. The third-order valence-corrected chi connectivity index (χ3v) is 6.92. The summed E-state index contributed by atoms with van der Waals surface area (Å²) in [6.07, 6.45) is 1.51. The van der Waals surface area contributed by atoms with Crippen LogP contribution in [0.4, 0.5) is 0 Å². The number of rotatable bonds is 4. The molecule has 0 spiro atoms. The molecular formula is C18H28ClN3O3S. The number of piperidine rings is 1. The number of halogens is 1. The van der Waals surface area contributed by atoms with E-state index >= 15 is 0 Å². The second kappa shape index (κ2) is 9.17. The molecule has 0 aliphatic carbocycles. The van der Waals surface area contributed by atoms with Gasteiger partial charge in [0.2, 0.25) is 15.9 Å². The number of carbonyl (C=O) groups excluding carboxylic acids is 1. The van der Waals surface area contributed by atoms with Gasteiger partial charge < -0.3 is 10.2 Å². The number of hydrogen-bond donors (Lipinski definition) is 1. The van der Waals surface area contributed by atoms with Crippen LogP contribution >= 0.6 is 12.4 Å². The molecule has 3 rings (SSSR count). The van der Waals surface area contributed by atoms with Crippen LogP contribution in [0.2, 0.25) is 0 Å². The van der Waals surface area contributed by atoms with Crippen molar-refractivity contribution in [3.05, 3.63) is 35.9 Å². The Morgan fingerprint density at radius 3 is 2.65 bits per heavy atom. The van der Waals surface area contributed by atoms with Crippen LogP contribution in [0.15, 0.2) is 30.3 Å². The molecule has 26 heavy (non-hydrogen) atoms. The molecule has 146 valence electrons. The molecule has 0 bridgehead atoms. The first-order valence-electron chi connectivity index (χ1n) is 9.00. The Hall–Kier alpha value is -1.15. The molecule has 2 aliphatic heterocycles. The van der Waals surface area contributed by atoms with Crippen LogP contribution < -0.4 is 5.32 Å². The zero-order chi connectivity index (χ0) is 17.9. The van der Waals surface area contributed by atoms with Crippen molar-refractivity contribution >= 4 is 28.3 Å². The summed E-state index contributed by atoms with van der Waals surface area (Å²) in [7, 11) is -3.40. The van der Waals surface area contributed by atoms with E-state index in [-0.39, 0.29) is 36.0 Å². The van der Waals surface area contributed by atoms with Crippen molar-refractivity contribution in [3.8, 4) is 0 Å². The number of benzene rings is 1. The lowest BCUT2D eigenvalue weighted by atomic mass is 9.97. The highest BCUT2D eigenvalue weighted by Gasteiger charge is 2.35. The summed E-state index contributed by atoms with van der Waals surface area (Å²) in [6, 6.07) is 9.38. The first-order valence-corrected chi connectivity index (χ1v) is 10.6. The minimum atomic E-state index is -3.40. The zero-order valence-corrected chi connectivity index (χ0v) is 16.8. The van der Waals surface area contributed by atoms with Gasteiger partial charge in [0.1, 0.15) is 0 Å². The third kappa shape index (κ3) is 4.97. The lowest BCUT2D eigenvalue weighted by Crippen LogP contribution is -2.56. The van der Waals surface area contributed by atoms with E-state index < -0.39 is 10.0 Å². The van der Waals surface area contributed by atoms with Gasteiger partial charge in [0.05, 0.1) is 11.7 Å². The summed E-state index contributed by atoms with van der Waals surface area (Å²) in [5, 5.41) is 3.28. The number of carbonyl (C=O) groups is 1. The Morgan fingerprint density at radius 1 is 1.23 bits per heavy atom. The van der Waals surface area contributed by atoms with Gasteiger partial charge in [-0.2, -0.15) is 0 Å². The Bertz CT molecular complexity index is 699. The molecule has 0 radical (unpaired) electrons. The molecular weight excluding hydrogens is 374 g/mol. The van der Waals surface area contributed by atoms with Gasteiger partial charge >= 0.3 is 0 Å². The predicted molar refractivity (Wildman–Crippen MR) is 105 cm³/mol. The van der Waals surface area contributed by atoms with Crippen molar-refractivity contribution in [2.45, 2.75) is 31.6 Å². The number of piperazine rings is 1. The second-order valence-electron chi connectivity index (χ2n) is 7.02. The molecule has 2 fully saturated rings.